The van der Waals surface area contributed by atoms with E-state index in [0.717, 1.165) is 0 Å². The number of hydrogen-bond donors (Lipinski definition) is 1. The molecule has 0 saturated carbocycles. The molecule has 0 bridgehead atoms. The zero-order valence-electron chi connectivity index (χ0n) is 8.36. The van der Waals surface area contributed by atoms with E-state index in [1.165, 1.54) is 0 Å². The predicted molar refractivity (Wildman–Crippen MR) is 50.3 cm³/mol. The van der Waals surface area contributed by atoms with E-state index >= 15 is 0 Å². The van der Waals surface area contributed by atoms with Gasteiger partial charge in [-0.1, -0.05) is 0 Å². The summed E-state index contributed by atoms with van der Waals surface area (Å²) < 4.78 is 10.4. The molecule has 0 atom stereocenters. The Hall–Kier alpha value is -1.36. The normalized spacial score (nSPS) is 9.93. The van der Waals surface area contributed by atoms with Gasteiger partial charge < -0.3 is 14.6 Å². The Morgan fingerprint density at radius 3 is 2.00 bits per heavy atom. The van der Waals surface area contributed by atoms with Crippen molar-refractivity contribution in [1.29, 1.82) is 0 Å². The SMILES string of the molecule is CCOc1cc(OCC)nc(CO)n1. The third-order valence-corrected chi connectivity index (χ3v) is 1.45. The van der Waals surface area contributed by atoms with E-state index in [9.17, 15) is 0 Å². The van der Waals surface area contributed by atoms with E-state index in [2.05, 4.69) is 9.97 Å². The molecule has 0 spiro atoms. The largest absolute Gasteiger partial charge is 0.478 e. The smallest absolute Gasteiger partial charge is 0.220 e. The number of aromatic nitrogens is 2. The lowest BCUT2D eigenvalue weighted by Crippen LogP contribution is -2.03. The van der Waals surface area contributed by atoms with Crippen LogP contribution < -0.4 is 9.47 Å². The highest BCUT2D eigenvalue weighted by Gasteiger charge is 2.04. The Bertz CT molecular complexity index is 267. The molecule has 0 aliphatic rings. The number of aliphatic hydroxyl groups excluding tert-OH is 1. The summed E-state index contributed by atoms with van der Waals surface area (Å²) in [5, 5.41) is 8.89. The van der Waals surface area contributed by atoms with Gasteiger partial charge in [-0.15, -0.1) is 0 Å². The maximum atomic E-state index is 8.89. The molecule has 0 saturated heterocycles. The van der Waals surface area contributed by atoms with Crippen molar-refractivity contribution in [3.8, 4) is 11.8 Å². The van der Waals surface area contributed by atoms with Gasteiger partial charge in [-0.25, -0.2) is 0 Å². The van der Waals surface area contributed by atoms with Crippen LogP contribution in [0.3, 0.4) is 0 Å². The lowest BCUT2D eigenvalue weighted by molar-refractivity contribution is 0.257. The molecule has 1 heterocycles. The molecule has 78 valence electrons. The van der Waals surface area contributed by atoms with Crippen LogP contribution >= 0.6 is 0 Å². The lowest BCUT2D eigenvalue weighted by atomic mass is 10.5. The Kier molecular flexibility index (Phi) is 4.12. The molecule has 1 aromatic heterocycles. The predicted octanol–water partition coefficient (Wildman–Crippen LogP) is 0.766. The zero-order valence-corrected chi connectivity index (χ0v) is 8.36. The minimum absolute atomic E-state index is 0.221. The lowest BCUT2D eigenvalue weighted by Gasteiger charge is -2.06. The van der Waals surface area contributed by atoms with Crippen molar-refractivity contribution in [2.75, 3.05) is 13.2 Å². The van der Waals surface area contributed by atoms with Gasteiger partial charge in [-0.2, -0.15) is 9.97 Å². The van der Waals surface area contributed by atoms with Gasteiger partial charge in [0, 0.05) is 0 Å². The molecular weight excluding hydrogens is 184 g/mol. The van der Waals surface area contributed by atoms with E-state index in [1.807, 2.05) is 13.8 Å². The van der Waals surface area contributed by atoms with Gasteiger partial charge in [0.1, 0.15) is 6.61 Å². The van der Waals surface area contributed by atoms with Crippen LogP contribution in [0.25, 0.3) is 0 Å². The van der Waals surface area contributed by atoms with Crippen LogP contribution in [0.4, 0.5) is 0 Å². The topological polar surface area (TPSA) is 64.5 Å². The molecule has 0 aliphatic heterocycles. The summed E-state index contributed by atoms with van der Waals surface area (Å²) in [5.41, 5.74) is 0. The van der Waals surface area contributed by atoms with Crippen LogP contribution in [0, 0.1) is 0 Å². The number of rotatable bonds is 5. The van der Waals surface area contributed by atoms with E-state index in [1.54, 1.807) is 6.07 Å². The molecule has 0 unspecified atom stereocenters. The highest BCUT2D eigenvalue weighted by Crippen LogP contribution is 2.15. The second-order valence-corrected chi connectivity index (χ2v) is 2.48. The maximum Gasteiger partial charge on any atom is 0.220 e. The third kappa shape index (κ3) is 2.85. The fourth-order valence-electron chi connectivity index (χ4n) is 0.964. The third-order valence-electron chi connectivity index (χ3n) is 1.45. The Morgan fingerprint density at radius 1 is 1.14 bits per heavy atom. The zero-order chi connectivity index (χ0) is 10.4. The molecule has 1 aromatic rings. The van der Waals surface area contributed by atoms with Crippen molar-refractivity contribution in [3.63, 3.8) is 0 Å². The van der Waals surface area contributed by atoms with Crippen molar-refractivity contribution in [1.82, 2.24) is 9.97 Å². The Morgan fingerprint density at radius 2 is 1.64 bits per heavy atom. The van der Waals surface area contributed by atoms with E-state index in [4.69, 9.17) is 14.6 Å². The summed E-state index contributed by atoms with van der Waals surface area (Å²) in [6.07, 6.45) is 0. The Labute approximate surface area is 82.7 Å². The van der Waals surface area contributed by atoms with Gasteiger partial charge in [-0.3, -0.25) is 0 Å². The van der Waals surface area contributed by atoms with Gasteiger partial charge in [0.15, 0.2) is 5.82 Å². The number of ether oxygens (including phenoxy) is 2. The summed E-state index contributed by atoms with van der Waals surface area (Å²) in [4.78, 5) is 7.92. The van der Waals surface area contributed by atoms with Crippen LogP contribution in [-0.2, 0) is 6.61 Å². The first-order valence-corrected chi connectivity index (χ1v) is 4.54. The fraction of sp³-hybridized carbons (Fsp3) is 0.556. The minimum atomic E-state index is -0.221. The maximum absolute atomic E-state index is 8.89. The molecule has 1 N–H and O–H groups in total. The summed E-state index contributed by atoms with van der Waals surface area (Å²) >= 11 is 0. The van der Waals surface area contributed by atoms with Crippen molar-refractivity contribution in [3.05, 3.63) is 11.9 Å². The van der Waals surface area contributed by atoms with Gasteiger partial charge >= 0.3 is 0 Å². The van der Waals surface area contributed by atoms with Crippen LogP contribution in [0.2, 0.25) is 0 Å². The summed E-state index contributed by atoms with van der Waals surface area (Å²) in [7, 11) is 0. The van der Waals surface area contributed by atoms with Crippen molar-refractivity contribution < 1.29 is 14.6 Å². The van der Waals surface area contributed by atoms with Gasteiger partial charge in [0.2, 0.25) is 11.8 Å². The molecule has 0 fully saturated rings. The molecule has 0 amide bonds. The second-order valence-electron chi connectivity index (χ2n) is 2.48. The van der Waals surface area contributed by atoms with Crippen LogP contribution in [0.1, 0.15) is 19.7 Å². The van der Waals surface area contributed by atoms with Crippen molar-refractivity contribution in [2.45, 2.75) is 20.5 Å². The molecule has 14 heavy (non-hydrogen) atoms. The highest BCUT2D eigenvalue weighted by molar-refractivity contribution is 5.20. The fourth-order valence-corrected chi connectivity index (χ4v) is 0.964. The summed E-state index contributed by atoms with van der Waals surface area (Å²) in [6.45, 7) is 4.55. The average molecular weight is 198 g/mol. The molecule has 1 rings (SSSR count). The summed E-state index contributed by atoms with van der Waals surface area (Å²) in [6, 6.07) is 1.60. The first-order chi connectivity index (χ1) is 6.80. The number of nitrogens with zero attached hydrogens (tertiary/aromatic N) is 2. The van der Waals surface area contributed by atoms with Crippen molar-refractivity contribution in [2.24, 2.45) is 0 Å². The number of aliphatic hydroxyl groups is 1. The first kappa shape index (κ1) is 10.7. The molecule has 5 nitrogen and oxygen atoms in total. The average Bonchev–Trinajstić information content (AvgIpc) is 2.18. The highest BCUT2D eigenvalue weighted by atomic mass is 16.5. The van der Waals surface area contributed by atoms with Gasteiger partial charge in [0.25, 0.3) is 0 Å². The minimum Gasteiger partial charge on any atom is -0.478 e. The van der Waals surface area contributed by atoms with Crippen molar-refractivity contribution >= 4 is 0 Å². The van der Waals surface area contributed by atoms with E-state index < -0.39 is 0 Å². The Balaban J connectivity index is 2.88. The summed E-state index contributed by atoms with van der Waals surface area (Å²) in [5.74, 6) is 1.16. The van der Waals surface area contributed by atoms with E-state index in [-0.39, 0.29) is 6.61 Å². The molecule has 5 heteroatoms. The van der Waals surface area contributed by atoms with Crippen LogP contribution in [0.15, 0.2) is 6.07 Å². The number of hydrogen-bond acceptors (Lipinski definition) is 5. The molecular formula is C9H14N2O3. The van der Waals surface area contributed by atoms with Crippen LogP contribution in [0.5, 0.6) is 11.8 Å². The van der Waals surface area contributed by atoms with Gasteiger partial charge in [-0.05, 0) is 13.8 Å². The van der Waals surface area contributed by atoms with E-state index in [0.29, 0.717) is 30.8 Å². The molecule has 0 radical (unpaired) electrons. The van der Waals surface area contributed by atoms with Crippen LogP contribution in [-0.4, -0.2) is 28.3 Å². The monoisotopic (exact) mass is 198 g/mol. The second kappa shape index (κ2) is 5.39. The standard InChI is InChI=1S/C9H14N2O3/c1-3-13-8-5-9(14-4-2)11-7(6-12)10-8/h5,12H,3-4,6H2,1-2H3. The quantitative estimate of drug-likeness (QED) is 0.756. The first-order valence-electron chi connectivity index (χ1n) is 4.54. The molecule has 0 aliphatic carbocycles. The molecule has 0 aromatic carbocycles. The van der Waals surface area contributed by atoms with Gasteiger partial charge in [0.05, 0.1) is 19.3 Å².